The Morgan fingerprint density at radius 2 is 1.94 bits per heavy atom. The number of aromatic amines is 1. The van der Waals surface area contributed by atoms with E-state index in [1.807, 2.05) is 87.6 Å². The smallest absolute Gasteiger partial charge is 0.412 e. The average Bonchev–Trinajstić information content (AvgIpc) is 3.20. The number of nitriles is 1. The lowest BCUT2D eigenvalue weighted by Crippen LogP contribution is -2.27. The summed E-state index contributed by atoms with van der Waals surface area (Å²) < 4.78 is 5.34. The van der Waals surface area contributed by atoms with Crippen molar-refractivity contribution in [1.82, 2.24) is 9.97 Å². The van der Waals surface area contributed by atoms with Gasteiger partial charge in [-0.25, -0.2) is 4.79 Å². The number of fused-ring (bicyclic) bond motifs is 1. The minimum atomic E-state index is -0.569. The predicted octanol–water partition coefficient (Wildman–Crippen LogP) is 6.66. The van der Waals surface area contributed by atoms with Gasteiger partial charge in [-0.3, -0.25) is 10.3 Å². The van der Waals surface area contributed by atoms with Crippen LogP contribution in [-0.4, -0.2) is 21.7 Å². The molecule has 0 aliphatic rings. The molecule has 0 aliphatic carbocycles. The Balaban J connectivity index is 1.69. The normalized spacial score (nSPS) is 12.2. The van der Waals surface area contributed by atoms with Crippen LogP contribution in [0.2, 0.25) is 0 Å². The van der Waals surface area contributed by atoms with Crippen LogP contribution in [0.15, 0.2) is 78.0 Å². The zero-order valence-electron chi connectivity index (χ0n) is 18.6. The van der Waals surface area contributed by atoms with Gasteiger partial charge in [-0.15, -0.1) is 11.8 Å². The number of nitrogens with zero attached hydrogens (tertiary/aromatic N) is 2. The molecular formula is C26H24N4O2S. The van der Waals surface area contributed by atoms with Crippen molar-refractivity contribution in [3.8, 4) is 6.07 Å². The second-order valence-corrected chi connectivity index (χ2v) is 9.64. The molecule has 0 spiro atoms. The van der Waals surface area contributed by atoms with E-state index in [0.717, 1.165) is 27.1 Å². The lowest BCUT2D eigenvalue weighted by atomic mass is 10.1. The van der Waals surface area contributed by atoms with Gasteiger partial charge in [0.1, 0.15) is 11.7 Å². The highest BCUT2D eigenvalue weighted by Gasteiger charge is 2.22. The molecule has 1 unspecified atom stereocenters. The summed E-state index contributed by atoms with van der Waals surface area (Å²) in [4.78, 5) is 21.0. The molecule has 0 fully saturated rings. The molecule has 4 rings (SSSR count). The molecule has 7 heteroatoms. The quantitative estimate of drug-likeness (QED) is 0.328. The first-order valence-corrected chi connectivity index (χ1v) is 11.4. The molecule has 33 heavy (non-hydrogen) atoms. The Kier molecular flexibility index (Phi) is 6.38. The molecule has 0 aliphatic heterocycles. The number of H-pyrrole nitrogens is 1. The van der Waals surface area contributed by atoms with E-state index in [0.29, 0.717) is 11.3 Å². The van der Waals surface area contributed by atoms with E-state index in [-0.39, 0.29) is 5.25 Å². The third kappa shape index (κ3) is 5.36. The van der Waals surface area contributed by atoms with Crippen molar-refractivity contribution < 1.29 is 9.53 Å². The van der Waals surface area contributed by atoms with E-state index < -0.39 is 11.7 Å². The summed E-state index contributed by atoms with van der Waals surface area (Å²) in [5, 5.41) is 13.2. The zero-order chi connectivity index (χ0) is 23.4. The Morgan fingerprint density at radius 1 is 1.15 bits per heavy atom. The summed E-state index contributed by atoms with van der Waals surface area (Å²) >= 11 is 1.59. The molecule has 2 heterocycles. The number of pyridine rings is 1. The van der Waals surface area contributed by atoms with E-state index in [1.54, 1.807) is 18.0 Å². The molecule has 4 aromatic rings. The summed E-state index contributed by atoms with van der Waals surface area (Å²) in [6.45, 7) is 5.48. The topological polar surface area (TPSA) is 90.8 Å². The molecule has 2 N–H and O–H groups in total. The van der Waals surface area contributed by atoms with Gasteiger partial charge in [-0.05, 0) is 62.7 Å². The monoisotopic (exact) mass is 456 g/mol. The van der Waals surface area contributed by atoms with Gasteiger partial charge < -0.3 is 9.72 Å². The van der Waals surface area contributed by atoms with Crippen LogP contribution in [0.5, 0.6) is 0 Å². The van der Waals surface area contributed by atoms with Crippen LogP contribution in [0, 0.1) is 11.3 Å². The Hall–Kier alpha value is -3.76. The molecule has 0 bridgehead atoms. The van der Waals surface area contributed by atoms with Crippen LogP contribution in [0.1, 0.15) is 42.8 Å². The number of carbonyl (C=O) groups excluding carboxylic acids is 1. The maximum absolute atomic E-state index is 12.1. The molecular weight excluding hydrogens is 432 g/mol. The minimum absolute atomic E-state index is 0.126. The van der Waals surface area contributed by atoms with Crippen molar-refractivity contribution in [2.75, 3.05) is 5.32 Å². The third-order valence-corrected chi connectivity index (χ3v) is 6.19. The standard InChI is InChI=1S/C26H24N4O2S/c1-26(2,3)32-25(31)30-18-11-12-19-20(16-29-22(19)14-18)24(21-9-6-7-13-28-21)33-23-10-5-4-8-17(23)15-27/h4-14,16,24,29H,1-3H3,(H,30,31). The SMILES string of the molecule is CC(C)(C)OC(=O)Nc1ccc2c(C(Sc3ccccc3C#N)c3ccccn3)c[nH]c2c1. The van der Waals surface area contributed by atoms with Gasteiger partial charge in [0, 0.05) is 33.9 Å². The van der Waals surface area contributed by atoms with Crippen molar-refractivity contribution in [3.05, 3.63) is 89.9 Å². The number of aromatic nitrogens is 2. The molecule has 0 saturated heterocycles. The second kappa shape index (κ2) is 9.39. The molecule has 1 amide bonds. The zero-order valence-corrected chi connectivity index (χ0v) is 19.4. The van der Waals surface area contributed by atoms with Gasteiger partial charge >= 0.3 is 6.09 Å². The molecule has 2 aromatic heterocycles. The highest BCUT2D eigenvalue weighted by molar-refractivity contribution is 7.99. The fourth-order valence-electron chi connectivity index (χ4n) is 3.47. The van der Waals surface area contributed by atoms with E-state index in [9.17, 15) is 10.1 Å². The molecule has 6 nitrogen and oxygen atoms in total. The Labute approximate surface area is 197 Å². The summed E-state index contributed by atoms with van der Waals surface area (Å²) in [5.74, 6) is 0. The van der Waals surface area contributed by atoms with Crippen LogP contribution < -0.4 is 5.32 Å². The molecule has 0 radical (unpaired) electrons. The van der Waals surface area contributed by atoms with E-state index >= 15 is 0 Å². The number of nitrogens with one attached hydrogen (secondary N) is 2. The summed E-state index contributed by atoms with van der Waals surface area (Å²) in [6, 6.07) is 21.4. The first kappa shape index (κ1) is 22.4. The number of amides is 1. The third-order valence-electron chi connectivity index (χ3n) is 4.85. The van der Waals surface area contributed by atoms with Crippen molar-refractivity contribution in [2.45, 2.75) is 36.5 Å². The van der Waals surface area contributed by atoms with Crippen LogP contribution in [0.4, 0.5) is 10.5 Å². The number of carbonyl (C=O) groups is 1. The lowest BCUT2D eigenvalue weighted by Gasteiger charge is -2.19. The van der Waals surface area contributed by atoms with E-state index in [1.165, 1.54) is 0 Å². The number of benzene rings is 2. The predicted molar refractivity (Wildman–Crippen MR) is 131 cm³/mol. The number of hydrogen-bond donors (Lipinski definition) is 2. The fraction of sp³-hybridized carbons (Fsp3) is 0.192. The van der Waals surface area contributed by atoms with Gasteiger partial charge in [0.25, 0.3) is 0 Å². The van der Waals surface area contributed by atoms with Crippen LogP contribution in [0.3, 0.4) is 0 Å². The maximum atomic E-state index is 12.1. The first-order valence-electron chi connectivity index (χ1n) is 10.5. The summed E-state index contributed by atoms with van der Waals surface area (Å²) in [6.07, 6.45) is 3.24. The van der Waals surface area contributed by atoms with Crippen molar-refractivity contribution in [3.63, 3.8) is 0 Å². The van der Waals surface area contributed by atoms with Crippen LogP contribution in [0.25, 0.3) is 10.9 Å². The second-order valence-electron chi connectivity index (χ2n) is 8.49. The minimum Gasteiger partial charge on any atom is -0.444 e. The number of ether oxygens (including phenoxy) is 1. The highest BCUT2D eigenvalue weighted by atomic mass is 32.2. The van der Waals surface area contributed by atoms with Crippen molar-refractivity contribution in [2.24, 2.45) is 0 Å². The lowest BCUT2D eigenvalue weighted by molar-refractivity contribution is 0.0636. The largest absolute Gasteiger partial charge is 0.444 e. The molecule has 166 valence electrons. The van der Waals surface area contributed by atoms with Crippen LogP contribution in [-0.2, 0) is 4.74 Å². The maximum Gasteiger partial charge on any atom is 0.412 e. The van der Waals surface area contributed by atoms with E-state index in [4.69, 9.17) is 4.74 Å². The first-order chi connectivity index (χ1) is 15.8. The summed E-state index contributed by atoms with van der Waals surface area (Å²) in [5.41, 5.74) is 3.53. The molecule has 2 aromatic carbocycles. The van der Waals surface area contributed by atoms with Crippen molar-refractivity contribution >= 4 is 34.4 Å². The highest BCUT2D eigenvalue weighted by Crippen LogP contribution is 2.43. The number of hydrogen-bond acceptors (Lipinski definition) is 5. The van der Waals surface area contributed by atoms with Gasteiger partial charge in [0.05, 0.1) is 16.5 Å². The molecule has 0 saturated carbocycles. The summed E-state index contributed by atoms with van der Waals surface area (Å²) in [7, 11) is 0. The van der Waals surface area contributed by atoms with Gasteiger partial charge in [0.15, 0.2) is 0 Å². The van der Waals surface area contributed by atoms with Crippen LogP contribution >= 0.6 is 11.8 Å². The number of anilines is 1. The average molecular weight is 457 g/mol. The van der Waals surface area contributed by atoms with Gasteiger partial charge in [-0.1, -0.05) is 24.3 Å². The Morgan fingerprint density at radius 3 is 2.67 bits per heavy atom. The fourth-order valence-corrected chi connectivity index (χ4v) is 4.70. The molecule has 1 atom stereocenters. The van der Waals surface area contributed by atoms with E-state index in [2.05, 4.69) is 21.4 Å². The van der Waals surface area contributed by atoms with Gasteiger partial charge in [-0.2, -0.15) is 5.26 Å². The number of thioether (sulfide) groups is 1. The number of rotatable bonds is 5. The van der Waals surface area contributed by atoms with Crippen molar-refractivity contribution in [1.29, 1.82) is 5.26 Å². The van der Waals surface area contributed by atoms with Gasteiger partial charge in [0.2, 0.25) is 0 Å². The Bertz CT molecular complexity index is 1320.